The number of hydrogen-bond acceptors (Lipinski definition) is 6. The highest BCUT2D eigenvalue weighted by atomic mass is 19.4. The van der Waals surface area contributed by atoms with Gasteiger partial charge in [-0.05, 0) is 0 Å². The van der Waals surface area contributed by atoms with E-state index in [2.05, 4.69) is 15.3 Å². The minimum absolute atomic E-state index is 0.0485. The van der Waals surface area contributed by atoms with Crippen molar-refractivity contribution in [2.45, 2.75) is 18.4 Å². The Kier molecular flexibility index (Phi) is 5.94. The van der Waals surface area contributed by atoms with Gasteiger partial charge in [0.05, 0.1) is 13.1 Å². The van der Waals surface area contributed by atoms with Gasteiger partial charge in [0.15, 0.2) is 0 Å². The summed E-state index contributed by atoms with van der Waals surface area (Å²) < 4.78 is 118. The molecular formula is C19H17F9N6. The molecule has 2 aromatic heterocycles. The highest BCUT2D eigenvalue weighted by Gasteiger charge is 2.44. The quantitative estimate of drug-likeness (QED) is 0.494. The molecule has 2 aromatic rings. The fourth-order valence-corrected chi connectivity index (χ4v) is 3.63. The minimum atomic E-state index is -4.94. The van der Waals surface area contributed by atoms with Crippen LogP contribution in [0.15, 0.2) is 24.4 Å². The molecule has 4 rings (SSSR count). The average Bonchev–Trinajstić information content (AvgIpc) is 2.70. The summed E-state index contributed by atoms with van der Waals surface area (Å²) in [5.74, 6) is -4.69. The summed E-state index contributed by atoms with van der Waals surface area (Å²) in [4.78, 5) is 10.9. The van der Waals surface area contributed by atoms with Crippen LogP contribution in [0.2, 0.25) is 0 Å². The molecular weight excluding hydrogens is 483 g/mol. The van der Waals surface area contributed by atoms with Crippen LogP contribution in [0, 0.1) is 5.82 Å². The van der Waals surface area contributed by atoms with Crippen molar-refractivity contribution in [3.63, 3.8) is 0 Å². The van der Waals surface area contributed by atoms with Crippen LogP contribution < -0.4 is 15.1 Å². The summed E-state index contributed by atoms with van der Waals surface area (Å²) in [6.45, 7) is -1.98. The first-order chi connectivity index (χ1) is 15.7. The van der Waals surface area contributed by atoms with Crippen molar-refractivity contribution in [1.29, 1.82) is 0 Å². The molecule has 0 bridgehead atoms. The van der Waals surface area contributed by atoms with E-state index in [0.29, 0.717) is 17.2 Å². The molecule has 2 saturated heterocycles. The van der Waals surface area contributed by atoms with Gasteiger partial charge in [-0.2, -0.15) is 26.3 Å². The van der Waals surface area contributed by atoms with Crippen LogP contribution in [0.25, 0.3) is 0 Å². The highest BCUT2D eigenvalue weighted by molar-refractivity contribution is 5.66. The number of piperazine rings is 1. The van der Waals surface area contributed by atoms with Crippen molar-refractivity contribution in [2.75, 3.05) is 54.4 Å². The SMILES string of the molecule is Fc1cc(Nc2cc(N3CC(F)(F)C3)cc(N3CCN(C(F)(F)F)CC3)n2)ncc1C(F)(F)F. The van der Waals surface area contributed by atoms with Gasteiger partial charge >= 0.3 is 12.5 Å². The molecule has 186 valence electrons. The number of aromatic nitrogens is 2. The Hall–Kier alpha value is -2.97. The summed E-state index contributed by atoms with van der Waals surface area (Å²) in [6.07, 6.45) is -9.13. The van der Waals surface area contributed by atoms with Crippen molar-refractivity contribution in [3.05, 3.63) is 35.8 Å². The third-order valence-corrected chi connectivity index (χ3v) is 5.38. The number of rotatable bonds is 4. The van der Waals surface area contributed by atoms with Crippen molar-refractivity contribution in [3.8, 4) is 0 Å². The van der Waals surface area contributed by atoms with E-state index in [1.807, 2.05) is 0 Å². The smallest absolute Gasteiger partial charge is 0.359 e. The van der Waals surface area contributed by atoms with Gasteiger partial charge in [-0.3, -0.25) is 0 Å². The Balaban J connectivity index is 1.59. The first-order valence-corrected chi connectivity index (χ1v) is 9.93. The molecule has 2 fully saturated rings. The lowest BCUT2D eigenvalue weighted by molar-refractivity contribution is -0.246. The molecule has 2 aliphatic heterocycles. The monoisotopic (exact) mass is 500 g/mol. The van der Waals surface area contributed by atoms with E-state index in [0.717, 1.165) is 0 Å². The number of nitrogens with zero attached hydrogens (tertiary/aromatic N) is 5. The molecule has 0 aromatic carbocycles. The predicted octanol–water partition coefficient (Wildman–Crippen LogP) is 4.48. The standard InChI is InChI=1S/C19H17F9N6/c20-13-7-14(29-8-12(13)18(23,24)25)30-15-5-11(33-9-17(21,22)10-33)6-16(31-15)32-1-3-34(4-2-32)19(26,27)28/h5-8H,1-4,9-10H2,(H,29,30,31). The van der Waals surface area contributed by atoms with Crippen LogP contribution in [-0.2, 0) is 6.18 Å². The van der Waals surface area contributed by atoms with Gasteiger partial charge in [0.25, 0.3) is 5.92 Å². The van der Waals surface area contributed by atoms with Crippen LogP contribution in [0.3, 0.4) is 0 Å². The zero-order valence-electron chi connectivity index (χ0n) is 17.2. The summed E-state index contributed by atoms with van der Waals surface area (Å²) in [5, 5.41) is 2.54. The van der Waals surface area contributed by atoms with Gasteiger partial charge in [0.1, 0.15) is 28.8 Å². The molecule has 0 amide bonds. The topological polar surface area (TPSA) is 47.5 Å². The maximum absolute atomic E-state index is 13.9. The summed E-state index contributed by atoms with van der Waals surface area (Å²) in [7, 11) is 0. The van der Waals surface area contributed by atoms with E-state index in [9.17, 15) is 39.5 Å². The molecule has 0 saturated carbocycles. The molecule has 4 heterocycles. The number of alkyl halides is 8. The molecule has 15 heteroatoms. The van der Waals surface area contributed by atoms with E-state index in [1.165, 1.54) is 21.9 Å². The second kappa shape index (κ2) is 8.36. The number of nitrogens with one attached hydrogen (secondary N) is 1. The van der Waals surface area contributed by atoms with Gasteiger partial charge in [-0.1, -0.05) is 0 Å². The van der Waals surface area contributed by atoms with Crippen molar-refractivity contribution >= 4 is 23.1 Å². The number of pyridine rings is 2. The zero-order chi connectivity index (χ0) is 24.9. The van der Waals surface area contributed by atoms with Crippen LogP contribution in [0.5, 0.6) is 0 Å². The first-order valence-electron chi connectivity index (χ1n) is 9.93. The van der Waals surface area contributed by atoms with E-state index < -0.39 is 42.9 Å². The Bertz CT molecular complexity index is 1040. The van der Waals surface area contributed by atoms with Crippen molar-refractivity contribution in [1.82, 2.24) is 14.9 Å². The molecule has 2 aliphatic rings. The maximum atomic E-state index is 13.9. The molecule has 6 nitrogen and oxygen atoms in total. The lowest BCUT2D eigenvalue weighted by Crippen LogP contribution is -2.56. The molecule has 0 atom stereocenters. The van der Waals surface area contributed by atoms with Crippen LogP contribution in [-0.4, -0.2) is 66.4 Å². The van der Waals surface area contributed by atoms with Crippen LogP contribution >= 0.6 is 0 Å². The normalized spacial score (nSPS) is 19.2. The first kappa shape index (κ1) is 24.2. The fraction of sp³-hybridized carbons (Fsp3) is 0.474. The van der Waals surface area contributed by atoms with Gasteiger partial charge in [-0.15, -0.1) is 0 Å². The Morgan fingerprint density at radius 1 is 0.853 bits per heavy atom. The van der Waals surface area contributed by atoms with Gasteiger partial charge < -0.3 is 15.1 Å². The molecule has 34 heavy (non-hydrogen) atoms. The van der Waals surface area contributed by atoms with E-state index >= 15 is 0 Å². The second-order valence-electron chi connectivity index (χ2n) is 7.89. The highest BCUT2D eigenvalue weighted by Crippen LogP contribution is 2.36. The summed E-state index contributed by atoms with van der Waals surface area (Å²) in [6, 6.07) is 3.27. The Morgan fingerprint density at radius 2 is 1.50 bits per heavy atom. The molecule has 1 N–H and O–H groups in total. The molecule has 0 unspecified atom stereocenters. The molecule has 0 radical (unpaired) electrons. The zero-order valence-corrected chi connectivity index (χ0v) is 17.2. The third-order valence-electron chi connectivity index (χ3n) is 5.38. The number of anilines is 4. The van der Waals surface area contributed by atoms with Gasteiger partial charge in [-0.25, -0.2) is 28.0 Å². The van der Waals surface area contributed by atoms with E-state index in [4.69, 9.17) is 0 Å². The van der Waals surface area contributed by atoms with Crippen molar-refractivity contribution < 1.29 is 39.5 Å². The number of halogens is 9. The second-order valence-corrected chi connectivity index (χ2v) is 7.89. The van der Waals surface area contributed by atoms with E-state index in [-0.39, 0.29) is 49.3 Å². The minimum Gasteiger partial charge on any atom is -0.359 e. The van der Waals surface area contributed by atoms with Gasteiger partial charge in [0.2, 0.25) is 0 Å². The summed E-state index contributed by atoms with van der Waals surface area (Å²) in [5.41, 5.74) is -1.30. The fourth-order valence-electron chi connectivity index (χ4n) is 3.63. The van der Waals surface area contributed by atoms with Crippen molar-refractivity contribution in [2.24, 2.45) is 0 Å². The van der Waals surface area contributed by atoms with E-state index in [1.54, 1.807) is 0 Å². The summed E-state index contributed by atoms with van der Waals surface area (Å²) >= 11 is 0. The molecule has 0 aliphatic carbocycles. The lowest BCUT2D eigenvalue weighted by Gasteiger charge is -2.41. The average molecular weight is 500 g/mol. The number of hydrogen-bond donors (Lipinski definition) is 1. The molecule has 0 spiro atoms. The van der Waals surface area contributed by atoms with Crippen LogP contribution in [0.4, 0.5) is 62.7 Å². The lowest BCUT2D eigenvalue weighted by atomic mass is 10.1. The maximum Gasteiger partial charge on any atom is 0.460 e. The largest absolute Gasteiger partial charge is 0.460 e. The third kappa shape index (κ3) is 5.23. The Labute approximate surface area is 187 Å². The van der Waals surface area contributed by atoms with Gasteiger partial charge in [0, 0.05) is 56.3 Å². The van der Waals surface area contributed by atoms with Crippen LogP contribution in [0.1, 0.15) is 5.56 Å². The Morgan fingerprint density at radius 3 is 2.03 bits per heavy atom. The predicted molar refractivity (Wildman–Crippen MR) is 104 cm³/mol.